The first-order valence-electron chi connectivity index (χ1n) is 4.46. The fourth-order valence-electron chi connectivity index (χ4n) is 0.912. The summed E-state index contributed by atoms with van der Waals surface area (Å²) in [4.78, 5) is 22.3. The molecule has 0 saturated carbocycles. The fraction of sp³-hybridized carbons (Fsp3) is 0.600. The monoisotopic (exact) mass is 200 g/mol. The van der Waals surface area contributed by atoms with Gasteiger partial charge in [-0.3, -0.25) is 9.59 Å². The Bertz CT molecular complexity index is 216. The average molecular weight is 200 g/mol. The van der Waals surface area contributed by atoms with Crippen molar-refractivity contribution >= 4 is 11.6 Å². The lowest BCUT2D eigenvalue weighted by Crippen LogP contribution is -2.23. The van der Waals surface area contributed by atoms with Crippen molar-refractivity contribution < 1.29 is 19.1 Å². The molecular weight excluding hydrogens is 184 g/mol. The highest BCUT2D eigenvalue weighted by Gasteiger charge is 2.13. The molecule has 0 unspecified atom stereocenters. The molecule has 0 rings (SSSR count). The number of ketones is 2. The van der Waals surface area contributed by atoms with Crippen LogP contribution in [-0.4, -0.2) is 32.1 Å². The van der Waals surface area contributed by atoms with Gasteiger partial charge in [0.2, 0.25) is 12.1 Å². The summed E-state index contributed by atoms with van der Waals surface area (Å²) in [6, 6.07) is 0. The van der Waals surface area contributed by atoms with Crippen LogP contribution in [-0.2, 0) is 19.1 Å². The number of methoxy groups -OCH3 is 2. The molecule has 4 heteroatoms. The van der Waals surface area contributed by atoms with E-state index in [-0.39, 0.29) is 11.6 Å². The van der Waals surface area contributed by atoms with Gasteiger partial charge in [0, 0.05) is 20.6 Å². The quantitative estimate of drug-likeness (QED) is 0.456. The summed E-state index contributed by atoms with van der Waals surface area (Å²) in [5.41, 5.74) is 0. The fourth-order valence-corrected chi connectivity index (χ4v) is 0.912. The van der Waals surface area contributed by atoms with E-state index >= 15 is 0 Å². The van der Waals surface area contributed by atoms with Gasteiger partial charge in [0.25, 0.3) is 0 Å². The second kappa shape index (κ2) is 7.41. The van der Waals surface area contributed by atoms with Gasteiger partial charge in [-0.2, -0.15) is 0 Å². The zero-order valence-corrected chi connectivity index (χ0v) is 8.78. The van der Waals surface area contributed by atoms with Crippen LogP contribution >= 0.6 is 0 Å². The summed E-state index contributed by atoms with van der Waals surface area (Å²) >= 11 is 0. The summed E-state index contributed by atoms with van der Waals surface area (Å²) in [5.74, 6) is -0.425. The highest BCUT2D eigenvalue weighted by atomic mass is 16.7. The van der Waals surface area contributed by atoms with E-state index in [1.165, 1.54) is 26.4 Å². The predicted octanol–water partition coefficient (Wildman–Crippen LogP) is 1.10. The third-order valence-corrected chi connectivity index (χ3v) is 1.59. The van der Waals surface area contributed by atoms with Gasteiger partial charge in [-0.25, -0.2) is 0 Å². The smallest absolute Gasteiger partial charge is 0.221 e. The molecule has 0 aromatic heterocycles. The van der Waals surface area contributed by atoms with E-state index in [1.54, 1.807) is 0 Å². The molecule has 0 aromatic carbocycles. The van der Waals surface area contributed by atoms with Crippen LogP contribution in [0, 0.1) is 0 Å². The first-order chi connectivity index (χ1) is 6.65. The summed E-state index contributed by atoms with van der Waals surface area (Å²) in [6.07, 6.45) is 2.76. The van der Waals surface area contributed by atoms with Crippen LogP contribution in [0.4, 0.5) is 0 Å². The lowest BCUT2D eigenvalue weighted by Gasteiger charge is -2.08. The van der Waals surface area contributed by atoms with Crippen molar-refractivity contribution in [2.24, 2.45) is 0 Å². The average Bonchev–Trinajstić information content (AvgIpc) is 2.17. The second-order valence-corrected chi connectivity index (χ2v) is 2.76. The van der Waals surface area contributed by atoms with Crippen molar-refractivity contribution in [2.75, 3.05) is 14.2 Å². The van der Waals surface area contributed by atoms with Gasteiger partial charge in [0.05, 0.1) is 0 Å². The van der Waals surface area contributed by atoms with Crippen molar-refractivity contribution in [1.29, 1.82) is 0 Å². The number of hydrogen-bond acceptors (Lipinski definition) is 4. The van der Waals surface area contributed by atoms with Gasteiger partial charge in [0.15, 0.2) is 5.78 Å². The number of allylic oxidation sites excluding steroid dienone is 1. The minimum absolute atomic E-state index is 0.0631. The Morgan fingerprint density at radius 3 is 2.21 bits per heavy atom. The number of hydrogen-bond donors (Lipinski definition) is 0. The Morgan fingerprint density at radius 1 is 1.21 bits per heavy atom. The van der Waals surface area contributed by atoms with Crippen LogP contribution in [0.1, 0.15) is 19.8 Å². The van der Waals surface area contributed by atoms with Gasteiger partial charge in [-0.15, -0.1) is 0 Å². The second-order valence-electron chi connectivity index (χ2n) is 2.76. The first kappa shape index (κ1) is 13.0. The van der Waals surface area contributed by atoms with Gasteiger partial charge in [-0.05, 0) is 18.6 Å². The third-order valence-electron chi connectivity index (χ3n) is 1.59. The van der Waals surface area contributed by atoms with Gasteiger partial charge in [0.1, 0.15) is 0 Å². The minimum Gasteiger partial charge on any atom is -0.349 e. The van der Waals surface area contributed by atoms with E-state index < -0.39 is 6.29 Å². The van der Waals surface area contributed by atoms with Crippen LogP contribution < -0.4 is 0 Å². The van der Waals surface area contributed by atoms with Crippen molar-refractivity contribution in [2.45, 2.75) is 26.1 Å². The highest BCUT2D eigenvalue weighted by Crippen LogP contribution is 1.96. The Hall–Kier alpha value is -1.00. The van der Waals surface area contributed by atoms with Crippen LogP contribution in [0.15, 0.2) is 12.2 Å². The molecule has 14 heavy (non-hydrogen) atoms. The van der Waals surface area contributed by atoms with E-state index in [9.17, 15) is 9.59 Å². The van der Waals surface area contributed by atoms with Crippen LogP contribution in [0.2, 0.25) is 0 Å². The number of ether oxygens (including phenoxy) is 2. The molecule has 80 valence electrons. The molecule has 0 bridgehead atoms. The predicted molar refractivity (Wildman–Crippen MR) is 51.9 cm³/mol. The van der Waals surface area contributed by atoms with E-state index in [0.29, 0.717) is 6.42 Å². The molecule has 0 aliphatic rings. The van der Waals surface area contributed by atoms with E-state index in [2.05, 4.69) is 0 Å². The molecule has 0 aliphatic heterocycles. The molecule has 0 amide bonds. The molecule has 0 N–H and O–H groups in total. The molecule has 0 saturated heterocycles. The topological polar surface area (TPSA) is 52.6 Å². The lowest BCUT2D eigenvalue weighted by molar-refractivity contribution is -0.151. The maximum atomic E-state index is 11.2. The Labute approximate surface area is 83.9 Å². The summed E-state index contributed by atoms with van der Waals surface area (Å²) < 4.78 is 9.44. The molecular formula is C10H16O4. The summed E-state index contributed by atoms with van der Waals surface area (Å²) in [6.45, 7) is 1.90. The molecule has 0 fully saturated rings. The summed E-state index contributed by atoms with van der Waals surface area (Å²) in [5, 5.41) is 0. The largest absolute Gasteiger partial charge is 0.349 e. The molecule has 0 radical (unpaired) electrons. The van der Waals surface area contributed by atoms with Gasteiger partial charge in [-0.1, -0.05) is 6.92 Å². The number of rotatable bonds is 7. The maximum Gasteiger partial charge on any atom is 0.221 e. The highest BCUT2D eigenvalue weighted by molar-refractivity contribution is 5.99. The van der Waals surface area contributed by atoms with Crippen LogP contribution in [0.5, 0.6) is 0 Å². The molecule has 0 atom stereocenters. The summed E-state index contributed by atoms with van der Waals surface area (Å²) in [7, 11) is 2.74. The van der Waals surface area contributed by atoms with Crippen molar-refractivity contribution in [3.8, 4) is 0 Å². The van der Waals surface area contributed by atoms with Crippen LogP contribution in [0.3, 0.4) is 0 Å². The third kappa shape index (κ3) is 4.89. The van der Waals surface area contributed by atoms with E-state index in [4.69, 9.17) is 9.47 Å². The number of carbonyl (C=O) groups excluding carboxylic acids is 2. The zero-order chi connectivity index (χ0) is 11.0. The molecule has 4 nitrogen and oxygen atoms in total. The van der Waals surface area contributed by atoms with Crippen molar-refractivity contribution in [1.82, 2.24) is 0 Å². The SMILES string of the molecule is CCCC(=O)/C=C\C(=O)C(OC)OC. The Morgan fingerprint density at radius 2 is 1.79 bits per heavy atom. The zero-order valence-electron chi connectivity index (χ0n) is 8.78. The Kier molecular flexibility index (Phi) is 6.88. The van der Waals surface area contributed by atoms with E-state index in [1.807, 2.05) is 6.92 Å². The van der Waals surface area contributed by atoms with Gasteiger partial charge >= 0.3 is 0 Å². The Balaban J connectivity index is 4.09. The van der Waals surface area contributed by atoms with Crippen LogP contribution in [0.25, 0.3) is 0 Å². The standard InChI is InChI=1S/C10H16O4/c1-4-5-8(11)6-7-9(12)10(13-2)14-3/h6-7,10H,4-5H2,1-3H3/b7-6-. The van der Waals surface area contributed by atoms with E-state index in [0.717, 1.165) is 6.42 Å². The molecule has 0 heterocycles. The van der Waals surface area contributed by atoms with Crippen molar-refractivity contribution in [3.63, 3.8) is 0 Å². The first-order valence-corrected chi connectivity index (χ1v) is 4.46. The molecule has 0 aliphatic carbocycles. The minimum atomic E-state index is -0.916. The number of carbonyl (C=O) groups is 2. The van der Waals surface area contributed by atoms with Crippen molar-refractivity contribution in [3.05, 3.63) is 12.2 Å². The molecule has 0 spiro atoms. The normalized spacial score (nSPS) is 11.1. The van der Waals surface area contributed by atoms with Gasteiger partial charge < -0.3 is 9.47 Å². The lowest BCUT2D eigenvalue weighted by atomic mass is 10.2. The maximum absolute atomic E-state index is 11.2. The molecule has 0 aromatic rings.